The number of anilines is 1. The molecule has 0 aliphatic carbocycles. The number of halogens is 1. The molecule has 0 spiro atoms. The van der Waals surface area contributed by atoms with E-state index < -0.39 is 12.0 Å². The Morgan fingerprint density at radius 3 is 2.56 bits per heavy atom. The number of carbonyl (C=O) groups is 1. The molecule has 3 aromatic rings. The molecular weight excluding hydrogens is 453 g/mol. The van der Waals surface area contributed by atoms with E-state index in [2.05, 4.69) is 27.9 Å². The van der Waals surface area contributed by atoms with E-state index in [1.54, 1.807) is 24.1 Å². The Labute approximate surface area is 162 Å². The standard InChI is InChI=1S/C18H16INO4S/c19-12-3-5-13(6-4-12)20-17(18(21)22)16-8-7-15(24-16)11-25-10-14-2-1-9-23-14/h1-9,17,20H,10-11H2,(H,21,22). The predicted octanol–water partition coefficient (Wildman–Crippen LogP) is 5.15. The zero-order valence-corrected chi connectivity index (χ0v) is 16.1. The molecule has 0 saturated carbocycles. The number of rotatable bonds is 8. The highest BCUT2D eigenvalue weighted by atomic mass is 127. The van der Waals surface area contributed by atoms with Gasteiger partial charge in [0.1, 0.15) is 17.3 Å². The third-order valence-corrected chi connectivity index (χ3v) is 5.13. The minimum Gasteiger partial charge on any atom is -0.479 e. The molecule has 0 amide bonds. The Hall–Kier alpha value is -1.87. The van der Waals surface area contributed by atoms with Gasteiger partial charge in [0.05, 0.1) is 17.8 Å². The first-order chi connectivity index (χ1) is 12.1. The molecule has 5 nitrogen and oxygen atoms in total. The zero-order valence-electron chi connectivity index (χ0n) is 13.1. The van der Waals surface area contributed by atoms with Gasteiger partial charge in [-0.1, -0.05) is 0 Å². The SMILES string of the molecule is O=C(O)C(Nc1ccc(I)cc1)c1ccc(CSCc2ccco2)o1. The van der Waals surface area contributed by atoms with E-state index in [1.165, 1.54) is 0 Å². The minimum absolute atomic E-state index is 0.389. The Morgan fingerprint density at radius 1 is 1.12 bits per heavy atom. The Balaban J connectivity index is 1.62. The summed E-state index contributed by atoms with van der Waals surface area (Å²) in [4.78, 5) is 11.6. The van der Waals surface area contributed by atoms with Gasteiger partial charge < -0.3 is 19.3 Å². The second-order valence-electron chi connectivity index (χ2n) is 5.30. The molecule has 1 aromatic carbocycles. The van der Waals surface area contributed by atoms with Crippen molar-refractivity contribution in [2.45, 2.75) is 17.5 Å². The highest BCUT2D eigenvalue weighted by molar-refractivity contribution is 14.1. The lowest BCUT2D eigenvalue weighted by Gasteiger charge is -2.13. The Kier molecular flexibility index (Phi) is 6.09. The number of benzene rings is 1. The monoisotopic (exact) mass is 469 g/mol. The maximum Gasteiger partial charge on any atom is 0.334 e. The normalized spacial score (nSPS) is 12.0. The number of nitrogens with one attached hydrogen (secondary N) is 1. The maximum absolute atomic E-state index is 11.6. The van der Waals surface area contributed by atoms with Crippen molar-refractivity contribution in [2.24, 2.45) is 0 Å². The summed E-state index contributed by atoms with van der Waals surface area (Å²) in [6.07, 6.45) is 1.65. The van der Waals surface area contributed by atoms with Crippen molar-refractivity contribution >= 4 is 46.0 Å². The largest absolute Gasteiger partial charge is 0.479 e. The van der Waals surface area contributed by atoms with Gasteiger partial charge in [0, 0.05) is 9.26 Å². The molecule has 130 valence electrons. The predicted molar refractivity (Wildman–Crippen MR) is 106 cm³/mol. The number of carboxylic acid groups (broad SMARTS) is 1. The highest BCUT2D eigenvalue weighted by Crippen LogP contribution is 2.25. The Morgan fingerprint density at radius 2 is 1.88 bits per heavy atom. The molecule has 0 bridgehead atoms. The smallest absolute Gasteiger partial charge is 0.334 e. The van der Waals surface area contributed by atoms with Crippen LogP contribution in [-0.2, 0) is 16.3 Å². The molecule has 2 aromatic heterocycles. The quantitative estimate of drug-likeness (QED) is 0.445. The second-order valence-corrected chi connectivity index (χ2v) is 7.53. The van der Waals surface area contributed by atoms with Crippen LogP contribution < -0.4 is 5.32 Å². The Bertz CT molecular complexity index is 814. The third kappa shape index (κ3) is 5.05. The van der Waals surface area contributed by atoms with Crippen molar-refractivity contribution in [3.8, 4) is 0 Å². The fraction of sp³-hybridized carbons (Fsp3) is 0.167. The topological polar surface area (TPSA) is 75.6 Å². The van der Waals surface area contributed by atoms with Crippen LogP contribution in [0, 0.1) is 3.57 Å². The molecule has 2 N–H and O–H groups in total. The van der Waals surface area contributed by atoms with Crippen LogP contribution in [-0.4, -0.2) is 11.1 Å². The van der Waals surface area contributed by atoms with Crippen LogP contribution in [0.1, 0.15) is 23.3 Å². The van der Waals surface area contributed by atoms with Gasteiger partial charge in [-0.25, -0.2) is 4.79 Å². The fourth-order valence-electron chi connectivity index (χ4n) is 2.24. The average molecular weight is 469 g/mol. The van der Waals surface area contributed by atoms with Crippen molar-refractivity contribution < 1.29 is 18.7 Å². The zero-order chi connectivity index (χ0) is 17.6. The van der Waals surface area contributed by atoms with Gasteiger partial charge in [0.15, 0.2) is 6.04 Å². The lowest BCUT2D eigenvalue weighted by Crippen LogP contribution is -2.19. The summed E-state index contributed by atoms with van der Waals surface area (Å²) in [7, 11) is 0. The summed E-state index contributed by atoms with van der Waals surface area (Å²) < 4.78 is 12.1. The summed E-state index contributed by atoms with van der Waals surface area (Å²) >= 11 is 3.85. The van der Waals surface area contributed by atoms with E-state index in [1.807, 2.05) is 42.5 Å². The van der Waals surface area contributed by atoms with Crippen LogP contribution >= 0.6 is 34.4 Å². The number of aliphatic carboxylic acids is 1. The molecule has 7 heteroatoms. The van der Waals surface area contributed by atoms with Crippen LogP contribution in [0.15, 0.2) is 63.6 Å². The minimum atomic E-state index is -0.984. The molecule has 25 heavy (non-hydrogen) atoms. The molecule has 2 heterocycles. The van der Waals surface area contributed by atoms with E-state index in [0.29, 0.717) is 11.5 Å². The molecular formula is C18H16INO4S. The van der Waals surface area contributed by atoms with E-state index in [9.17, 15) is 9.90 Å². The first kappa shape index (κ1) is 17.9. The lowest BCUT2D eigenvalue weighted by atomic mass is 10.2. The van der Waals surface area contributed by atoms with E-state index in [-0.39, 0.29) is 0 Å². The van der Waals surface area contributed by atoms with Gasteiger partial charge >= 0.3 is 5.97 Å². The number of hydrogen-bond acceptors (Lipinski definition) is 5. The molecule has 3 rings (SSSR count). The van der Waals surface area contributed by atoms with E-state index >= 15 is 0 Å². The average Bonchev–Trinajstić information content (AvgIpc) is 3.26. The van der Waals surface area contributed by atoms with Crippen molar-refractivity contribution in [3.05, 3.63) is 75.6 Å². The van der Waals surface area contributed by atoms with Crippen molar-refractivity contribution in [2.75, 3.05) is 5.32 Å². The van der Waals surface area contributed by atoms with Gasteiger partial charge in [-0.3, -0.25) is 0 Å². The van der Waals surface area contributed by atoms with Gasteiger partial charge in [0.25, 0.3) is 0 Å². The summed E-state index contributed by atoms with van der Waals surface area (Å²) in [5.41, 5.74) is 0.734. The number of carboxylic acids is 1. The van der Waals surface area contributed by atoms with Crippen LogP contribution in [0.3, 0.4) is 0 Å². The van der Waals surface area contributed by atoms with Gasteiger partial charge in [-0.05, 0) is 71.1 Å². The maximum atomic E-state index is 11.6. The fourth-order valence-corrected chi connectivity index (χ4v) is 3.42. The molecule has 1 unspecified atom stereocenters. The molecule has 1 atom stereocenters. The summed E-state index contributed by atoms with van der Waals surface area (Å²) in [5.74, 6) is 2.44. The molecule has 0 radical (unpaired) electrons. The third-order valence-electron chi connectivity index (χ3n) is 3.44. The van der Waals surface area contributed by atoms with Crippen molar-refractivity contribution in [3.63, 3.8) is 0 Å². The lowest BCUT2D eigenvalue weighted by molar-refractivity contribution is -0.138. The van der Waals surface area contributed by atoms with E-state index in [4.69, 9.17) is 8.83 Å². The van der Waals surface area contributed by atoms with Crippen molar-refractivity contribution in [1.82, 2.24) is 0 Å². The second kappa shape index (κ2) is 8.48. The van der Waals surface area contributed by atoms with E-state index in [0.717, 1.165) is 26.5 Å². The highest BCUT2D eigenvalue weighted by Gasteiger charge is 2.23. The van der Waals surface area contributed by atoms with Gasteiger partial charge in [-0.2, -0.15) is 0 Å². The molecule has 0 fully saturated rings. The summed E-state index contributed by atoms with van der Waals surface area (Å²) in [6, 6.07) is 13.9. The van der Waals surface area contributed by atoms with Crippen LogP contribution in [0.5, 0.6) is 0 Å². The molecule has 0 aliphatic rings. The summed E-state index contributed by atoms with van der Waals surface area (Å²) in [5, 5.41) is 12.5. The van der Waals surface area contributed by atoms with Crippen LogP contribution in [0.25, 0.3) is 0 Å². The van der Waals surface area contributed by atoms with Gasteiger partial charge in [0.2, 0.25) is 0 Å². The number of hydrogen-bond donors (Lipinski definition) is 2. The first-order valence-electron chi connectivity index (χ1n) is 7.55. The van der Waals surface area contributed by atoms with Crippen LogP contribution in [0.4, 0.5) is 5.69 Å². The molecule has 0 aliphatic heterocycles. The van der Waals surface area contributed by atoms with Crippen LogP contribution in [0.2, 0.25) is 0 Å². The number of thioether (sulfide) groups is 1. The summed E-state index contributed by atoms with van der Waals surface area (Å²) in [6.45, 7) is 0. The first-order valence-corrected chi connectivity index (χ1v) is 9.79. The van der Waals surface area contributed by atoms with Crippen molar-refractivity contribution in [1.29, 1.82) is 0 Å². The number of furan rings is 2. The molecule has 0 saturated heterocycles. The van der Waals surface area contributed by atoms with Gasteiger partial charge in [-0.15, -0.1) is 11.8 Å².